The van der Waals surface area contributed by atoms with Gasteiger partial charge >= 0.3 is 6.03 Å². The minimum Gasteiger partial charge on any atom is -0.454 e. The quantitative estimate of drug-likeness (QED) is 0.650. The number of nitrogens with zero attached hydrogens (tertiary/aromatic N) is 1. The van der Waals surface area contributed by atoms with Crippen LogP contribution in [-0.2, 0) is 21.7 Å². The summed E-state index contributed by atoms with van der Waals surface area (Å²) in [6, 6.07) is 11.0. The van der Waals surface area contributed by atoms with Gasteiger partial charge in [-0.1, -0.05) is 40.2 Å². The highest BCUT2D eigenvalue weighted by atomic mass is 79.9. The molecule has 0 spiro atoms. The van der Waals surface area contributed by atoms with Crippen LogP contribution in [0.15, 0.2) is 46.9 Å². The molecule has 2 N–H and O–H groups in total. The molecule has 0 radical (unpaired) electrons. The molecule has 2 heterocycles. The number of carbonyl (C=O) groups excluding carboxylic acids is 3. The first kappa shape index (κ1) is 20.2. The molecule has 0 aromatic heterocycles. The summed E-state index contributed by atoms with van der Waals surface area (Å²) in [5.74, 6) is 0.356. The summed E-state index contributed by atoms with van der Waals surface area (Å²) in [5, 5.41) is 5.49. The molecule has 2 aromatic carbocycles. The second-order valence-corrected chi connectivity index (χ2v) is 8.15. The zero-order valence-electron chi connectivity index (χ0n) is 16.4. The Morgan fingerprint density at radius 2 is 1.97 bits per heavy atom. The topological polar surface area (TPSA) is 97.0 Å². The number of carbonyl (C=O) groups is 3. The molecule has 9 heteroatoms. The molecule has 2 aromatic rings. The van der Waals surface area contributed by atoms with Crippen LogP contribution < -0.4 is 20.1 Å². The van der Waals surface area contributed by atoms with Gasteiger partial charge in [0.05, 0.1) is 0 Å². The van der Waals surface area contributed by atoms with Crippen molar-refractivity contribution in [1.29, 1.82) is 0 Å². The van der Waals surface area contributed by atoms with E-state index in [1.807, 2.05) is 12.1 Å². The number of hydrogen-bond donors (Lipinski definition) is 2. The maximum atomic E-state index is 13.1. The number of nitrogens with one attached hydrogen (secondary N) is 2. The number of hydrogen-bond acceptors (Lipinski definition) is 5. The predicted octanol–water partition coefficient (Wildman–Crippen LogP) is 2.65. The zero-order valence-corrected chi connectivity index (χ0v) is 18.0. The number of benzene rings is 2. The molecule has 0 bridgehead atoms. The smallest absolute Gasteiger partial charge is 0.326 e. The minimum absolute atomic E-state index is 0.171. The summed E-state index contributed by atoms with van der Waals surface area (Å²) in [5.41, 5.74) is 0.178. The molecule has 1 fully saturated rings. The van der Waals surface area contributed by atoms with Crippen LogP contribution in [0.5, 0.6) is 11.5 Å². The second kappa shape index (κ2) is 7.64. The lowest BCUT2D eigenvalue weighted by Gasteiger charge is -2.25. The fourth-order valence-electron chi connectivity index (χ4n) is 3.57. The molecular formula is C21H20BrN3O5. The SMILES string of the molecule is C[C@H](C(=O)NCc1ccc2c(c1)OCO2)N1C(=O)N[C@@](C)(c2ccccc2Br)C1=O. The van der Waals surface area contributed by atoms with Crippen LogP contribution in [0.1, 0.15) is 25.0 Å². The van der Waals surface area contributed by atoms with Crippen LogP contribution >= 0.6 is 15.9 Å². The maximum Gasteiger partial charge on any atom is 0.326 e. The largest absolute Gasteiger partial charge is 0.454 e. The Morgan fingerprint density at radius 3 is 2.73 bits per heavy atom. The molecule has 1 saturated heterocycles. The Morgan fingerprint density at radius 1 is 1.23 bits per heavy atom. The number of rotatable bonds is 5. The third kappa shape index (κ3) is 3.39. The van der Waals surface area contributed by atoms with Crippen LogP contribution in [0, 0.1) is 0 Å². The van der Waals surface area contributed by atoms with Crippen LogP contribution in [-0.4, -0.2) is 35.6 Å². The Bertz CT molecular complexity index is 1040. The van der Waals surface area contributed by atoms with Gasteiger partial charge in [-0.15, -0.1) is 0 Å². The molecule has 30 heavy (non-hydrogen) atoms. The summed E-state index contributed by atoms with van der Waals surface area (Å²) in [4.78, 5) is 39.4. The van der Waals surface area contributed by atoms with Crippen molar-refractivity contribution >= 4 is 33.8 Å². The molecule has 2 aliphatic heterocycles. The van der Waals surface area contributed by atoms with Crippen molar-refractivity contribution in [3.05, 3.63) is 58.1 Å². The molecule has 0 saturated carbocycles. The van der Waals surface area contributed by atoms with E-state index in [-0.39, 0.29) is 13.3 Å². The van der Waals surface area contributed by atoms with Gasteiger partial charge in [-0.05, 0) is 37.6 Å². The van der Waals surface area contributed by atoms with Gasteiger partial charge in [0, 0.05) is 16.6 Å². The molecule has 2 aliphatic rings. The first-order chi connectivity index (χ1) is 14.3. The Labute approximate surface area is 181 Å². The third-order valence-electron chi connectivity index (χ3n) is 5.31. The number of imide groups is 1. The molecule has 4 amide bonds. The van der Waals surface area contributed by atoms with E-state index in [1.165, 1.54) is 6.92 Å². The second-order valence-electron chi connectivity index (χ2n) is 7.29. The fraction of sp³-hybridized carbons (Fsp3) is 0.286. The van der Waals surface area contributed by atoms with Gasteiger partial charge in [-0.3, -0.25) is 9.59 Å². The minimum atomic E-state index is -1.26. The number of fused-ring (bicyclic) bond motifs is 1. The van der Waals surface area contributed by atoms with Crippen molar-refractivity contribution < 1.29 is 23.9 Å². The standard InChI is InChI=1S/C21H20BrN3O5/c1-12(18(26)23-10-13-7-8-16-17(9-13)30-11-29-16)25-19(27)21(2,24-20(25)28)14-5-3-4-6-15(14)22/h3-9,12H,10-11H2,1-2H3,(H,23,26)(H,24,28)/t12-,21+/m1/s1. The summed E-state index contributed by atoms with van der Waals surface area (Å²) in [7, 11) is 0. The van der Waals surface area contributed by atoms with E-state index in [0.717, 1.165) is 10.5 Å². The Balaban J connectivity index is 1.46. The average molecular weight is 474 g/mol. The van der Waals surface area contributed by atoms with E-state index in [1.54, 1.807) is 37.3 Å². The number of ether oxygens (including phenoxy) is 2. The molecular weight excluding hydrogens is 454 g/mol. The van der Waals surface area contributed by atoms with Crippen molar-refractivity contribution in [1.82, 2.24) is 15.5 Å². The van der Waals surface area contributed by atoms with Gasteiger partial charge in [-0.2, -0.15) is 0 Å². The Hall–Kier alpha value is -3.07. The van der Waals surface area contributed by atoms with E-state index >= 15 is 0 Å². The van der Waals surface area contributed by atoms with E-state index in [4.69, 9.17) is 9.47 Å². The lowest BCUT2D eigenvalue weighted by molar-refractivity contribution is -0.137. The van der Waals surface area contributed by atoms with Crippen molar-refractivity contribution in [3.8, 4) is 11.5 Å². The highest BCUT2D eigenvalue weighted by Gasteiger charge is 2.52. The lowest BCUT2D eigenvalue weighted by Crippen LogP contribution is -2.49. The van der Waals surface area contributed by atoms with Crippen LogP contribution in [0.4, 0.5) is 4.79 Å². The maximum absolute atomic E-state index is 13.1. The number of halogens is 1. The lowest BCUT2D eigenvalue weighted by atomic mass is 9.92. The van der Waals surface area contributed by atoms with Gasteiger partial charge in [0.2, 0.25) is 12.7 Å². The van der Waals surface area contributed by atoms with Gasteiger partial charge in [0.15, 0.2) is 11.5 Å². The highest BCUT2D eigenvalue weighted by Crippen LogP contribution is 2.35. The third-order valence-corrected chi connectivity index (χ3v) is 6.00. The molecule has 0 aliphatic carbocycles. The normalized spacial score (nSPS) is 20.8. The van der Waals surface area contributed by atoms with Gasteiger partial charge in [0.25, 0.3) is 5.91 Å². The van der Waals surface area contributed by atoms with Crippen molar-refractivity contribution in [3.63, 3.8) is 0 Å². The summed E-state index contributed by atoms with van der Waals surface area (Å²) >= 11 is 3.43. The highest BCUT2D eigenvalue weighted by molar-refractivity contribution is 9.10. The zero-order chi connectivity index (χ0) is 21.5. The predicted molar refractivity (Wildman–Crippen MR) is 111 cm³/mol. The van der Waals surface area contributed by atoms with E-state index in [9.17, 15) is 14.4 Å². The summed E-state index contributed by atoms with van der Waals surface area (Å²) in [6.45, 7) is 3.55. The molecule has 0 unspecified atom stereocenters. The number of amides is 4. The number of urea groups is 1. The van der Waals surface area contributed by atoms with Crippen LogP contribution in [0.2, 0.25) is 0 Å². The van der Waals surface area contributed by atoms with Crippen molar-refractivity contribution in [2.24, 2.45) is 0 Å². The van der Waals surface area contributed by atoms with E-state index in [0.29, 0.717) is 21.5 Å². The summed E-state index contributed by atoms with van der Waals surface area (Å²) in [6.07, 6.45) is 0. The first-order valence-corrected chi connectivity index (χ1v) is 10.2. The summed E-state index contributed by atoms with van der Waals surface area (Å²) < 4.78 is 11.3. The van der Waals surface area contributed by atoms with Crippen molar-refractivity contribution in [2.75, 3.05) is 6.79 Å². The van der Waals surface area contributed by atoms with Gasteiger partial charge in [0.1, 0.15) is 11.6 Å². The van der Waals surface area contributed by atoms with E-state index in [2.05, 4.69) is 26.6 Å². The molecule has 2 atom stereocenters. The molecule has 156 valence electrons. The van der Waals surface area contributed by atoms with Crippen LogP contribution in [0.25, 0.3) is 0 Å². The molecule has 4 rings (SSSR count). The Kier molecular flexibility index (Phi) is 5.15. The van der Waals surface area contributed by atoms with E-state index < -0.39 is 29.4 Å². The van der Waals surface area contributed by atoms with Gasteiger partial charge in [-0.25, -0.2) is 9.69 Å². The van der Waals surface area contributed by atoms with Gasteiger partial charge < -0.3 is 20.1 Å². The average Bonchev–Trinajstić information content (AvgIpc) is 3.28. The van der Waals surface area contributed by atoms with Crippen LogP contribution in [0.3, 0.4) is 0 Å². The monoisotopic (exact) mass is 473 g/mol. The molecule has 8 nitrogen and oxygen atoms in total. The van der Waals surface area contributed by atoms with Crippen molar-refractivity contribution in [2.45, 2.75) is 32.0 Å². The first-order valence-electron chi connectivity index (χ1n) is 9.38. The fourth-order valence-corrected chi connectivity index (χ4v) is 4.25.